The third-order valence-electron chi connectivity index (χ3n) is 6.50. The lowest BCUT2D eigenvalue weighted by atomic mass is 10.1. The monoisotopic (exact) mass is 696 g/mol. The number of benzene rings is 4. The van der Waals surface area contributed by atoms with Crippen molar-refractivity contribution in [2.45, 2.75) is 13.8 Å². The molecule has 264 valence electrons. The zero-order valence-electron chi connectivity index (χ0n) is 28.7. The molecule has 0 aromatic heterocycles. The zero-order valence-corrected chi connectivity index (χ0v) is 28.7. The van der Waals surface area contributed by atoms with Crippen LogP contribution in [-0.4, -0.2) is 32.4 Å². The van der Waals surface area contributed by atoms with E-state index in [-0.39, 0.29) is 28.7 Å². The molecule has 0 aliphatic heterocycles. The summed E-state index contributed by atoms with van der Waals surface area (Å²) < 4.78 is 10.4. The third-order valence-corrected chi connectivity index (χ3v) is 6.50. The van der Waals surface area contributed by atoms with Crippen molar-refractivity contribution in [1.82, 2.24) is 0 Å². The number of hydrogen-bond donors (Lipinski definition) is 4. The number of ether oxygens (including phenoxy) is 2. The molecule has 0 saturated heterocycles. The highest BCUT2D eigenvalue weighted by atomic mass is 16.5. The lowest BCUT2D eigenvalue weighted by Gasteiger charge is -2.04. The number of phenolic OH excluding ortho intramolecular Hbond substituents is 4. The predicted octanol–water partition coefficient (Wildman–Crippen LogP) is 9.72. The van der Waals surface area contributed by atoms with Crippen molar-refractivity contribution in [3.05, 3.63) is 180 Å². The van der Waals surface area contributed by atoms with E-state index < -0.39 is 11.9 Å². The van der Waals surface area contributed by atoms with Crippen molar-refractivity contribution >= 4 is 36.2 Å². The average Bonchev–Trinajstić information content (AvgIpc) is 3.10. The van der Waals surface area contributed by atoms with Crippen LogP contribution in [0.25, 0.3) is 24.3 Å². The van der Waals surface area contributed by atoms with E-state index in [2.05, 4.69) is 0 Å². The number of rotatable bonds is 12. The van der Waals surface area contributed by atoms with Crippen molar-refractivity contribution in [1.29, 1.82) is 0 Å². The molecule has 4 N–H and O–H groups in total. The summed E-state index contributed by atoms with van der Waals surface area (Å²) in [6.07, 6.45) is 27.6. The van der Waals surface area contributed by atoms with Crippen LogP contribution in [0.1, 0.15) is 36.1 Å². The summed E-state index contributed by atoms with van der Waals surface area (Å²) in [5.41, 5.74) is 3.13. The highest BCUT2D eigenvalue weighted by molar-refractivity contribution is 5.85. The number of carbonyl (C=O) groups is 2. The van der Waals surface area contributed by atoms with E-state index in [9.17, 15) is 30.0 Å². The van der Waals surface area contributed by atoms with Gasteiger partial charge in [-0.15, -0.1) is 0 Å². The molecule has 8 nitrogen and oxygen atoms in total. The maximum Gasteiger partial charge on any atom is 0.336 e. The van der Waals surface area contributed by atoms with E-state index in [0.717, 1.165) is 11.1 Å². The van der Waals surface area contributed by atoms with E-state index in [1.54, 1.807) is 115 Å². The molecule has 0 unspecified atom stereocenters. The minimum Gasteiger partial charge on any atom is -0.508 e. The van der Waals surface area contributed by atoms with Gasteiger partial charge in [0.15, 0.2) is 0 Å². The summed E-state index contributed by atoms with van der Waals surface area (Å²) in [5, 5.41) is 38.0. The van der Waals surface area contributed by atoms with Crippen LogP contribution in [0, 0.1) is 0 Å². The Labute approximate surface area is 303 Å². The lowest BCUT2D eigenvalue weighted by Crippen LogP contribution is -2.03. The van der Waals surface area contributed by atoms with Crippen LogP contribution >= 0.6 is 0 Å². The van der Waals surface area contributed by atoms with Gasteiger partial charge in [-0.2, -0.15) is 0 Å². The quantitative estimate of drug-likeness (QED) is 0.0378. The predicted molar refractivity (Wildman–Crippen MR) is 208 cm³/mol. The first-order valence-corrected chi connectivity index (χ1v) is 16.1. The summed E-state index contributed by atoms with van der Waals surface area (Å²) >= 11 is 0. The van der Waals surface area contributed by atoms with Gasteiger partial charge in [-0.25, -0.2) is 9.59 Å². The second-order valence-electron chi connectivity index (χ2n) is 10.8. The van der Waals surface area contributed by atoms with Crippen molar-refractivity contribution in [3.8, 4) is 34.5 Å². The summed E-state index contributed by atoms with van der Waals surface area (Å²) in [6, 6.07) is 22.7. The zero-order chi connectivity index (χ0) is 37.6. The second-order valence-corrected chi connectivity index (χ2v) is 10.8. The molecular formula is C44H40O8. The number of carbonyl (C=O) groups excluding carboxylic acids is 2. The maximum absolute atomic E-state index is 11.8. The van der Waals surface area contributed by atoms with Crippen LogP contribution in [-0.2, 0) is 9.59 Å². The van der Waals surface area contributed by atoms with Gasteiger partial charge in [0.1, 0.15) is 34.5 Å². The molecule has 4 rings (SSSR count). The van der Waals surface area contributed by atoms with E-state index in [1.807, 2.05) is 56.4 Å². The van der Waals surface area contributed by atoms with Crippen LogP contribution < -0.4 is 9.47 Å². The van der Waals surface area contributed by atoms with Crippen LogP contribution in [0.3, 0.4) is 0 Å². The number of aromatic hydroxyl groups is 4. The normalized spacial score (nSPS) is 11.9. The largest absolute Gasteiger partial charge is 0.508 e. The second kappa shape index (κ2) is 21.8. The first-order chi connectivity index (χ1) is 25.1. The molecule has 0 heterocycles. The highest BCUT2D eigenvalue weighted by Crippen LogP contribution is 2.25. The Morgan fingerprint density at radius 1 is 0.423 bits per heavy atom. The van der Waals surface area contributed by atoms with Gasteiger partial charge in [-0.3, -0.25) is 0 Å². The Morgan fingerprint density at radius 3 is 1.33 bits per heavy atom. The fraction of sp³-hybridized carbons (Fsp3) is 0.0455. The minimum absolute atomic E-state index is 0.000487. The van der Waals surface area contributed by atoms with Gasteiger partial charge in [0.25, 0.3) is 0 Å². The Morgan fingerprint density at radius 2 is 0.827 bits per heavy atom. The fourth-order valence-electron chi connectivity index (χ4n) is 4.14. The summed E-state index contributed by atoms with van der Waals surface area (Å²) in [5.74, 6) is -0.0875. The number of phenols is 4. The van der Waals surface area contributed by atoms with Gasteiger partial charge in [0.05, 0.1) is 0 Å². The van der Waals surface area contributed by atoms with Crippen molar-refractivity contribution in [3.63, 3.8) is 0 Å². The molecule has 0 saturated carbocycles. The molecule has 0 amide bonds. The number of allylic oxidation sites excluding steroid dienone is 10. The molecule has 52 heavy (non-hydrogen) atoms. The van der Waals surface area contributed by atoms with E-state index in [0.29, 0.717) is 16.9 Å². The lowest BCUT2D eigenvalue weighted by molar-refractivity contribution is -0.129. The molecule has 0 bridgehead atoms. The van der Waals surface area contributed by atoms with Gasteiger partial charge in [-0.1, -0.05) is 109 Å². The summed E-state index contributed by atoms with van der Waals surface area (Å²) in [4.78, 5) is 23.5. The third kappa shape index (κ3) is 15.9. The average molecular weight is 697 g/mol. The smallest absolute Gasteiger partial charge is 0.336 e. The van der Waals surface area contributed by atoms with E-state index in [1.165, 1.54) is 24.3 Å². The molecule has 4 aromatic rings. The topological polar surface area (TPSA) is 134 Å². The Hall–Kier alpha value is -7.06. The summed E-state index contributed by atoms with van der Waals surface area (Å²) in [6.45, 7) is 3.81. The van der Waals surface area contributed by atoms with Gasteiger partial charge in [0, 0.05) is 24.3 Å². The van der Waals surface area contributed by atoms with Gasteiger partial charge < -0.3 is 29.9 Å². The van der Waals surface area contributed by atoms with Crippen molar-refractivity contribution in [2.24, 2.45) is 0 Å². The van der Waals surface area contributed by atoms with Crippen LogP contribution in [0.4, 0.5) is 0 Å². The van der Waals surface area contributed by atoms with Crippen molar-refractivity contribution < 1.29 is 39.5 Å². The molecule has 0 atom stereocenters. The molecular weight excluding hydrogens is 656 g/mol. The SMILES string of the molecule is C/C=C/C=C/C=C/C(=O)Oc1cc(O)cc(/C=C/c2ccc(O)cc2)c1.C/C=C/C=C/C=C/C(=O)Oc1ccc(/C=C/c2cc(O)cc(O)c2)cc1. The van der Waals surface area contributed by atoms with Crippen LogP contribution in [0.5, 0.6) is 34.5 Å². The summed E-state index contributed by atoms with van der Waals surface area (Å²) in [7, 11) is 0. The molecule has 0 radical (unpaired) electrons. The van der Waals surface area contributed by atoms with Crippen molar-refractivity contribution in [2.75, 3.05) is 0 Å². The minimum atomic E-state index is -0.533. The first-order valence-electron chi connectivity index (χ1n) is 16.1. The van der Waals surface area contributed by atoms with Gasteiger partial charge in [0.2, 0.25) is 0 Å². The number of hydrogen-bond acceptors (Lipinski definition) is 8. The van der Waals surface area contributed by atoms with Gasteiger partial charge >= 0.3 is 11.9 Å². The molecule has 0 spiro atoms. The van der Waals surface area contributed by atoms with E-state index in [4.69, 9.17) is 9.47 Å². The Kier molecular flexibility index (Phi) is 16.5. The molecule has 0 aliphatic carbocycles. The fourth-order valence-corrected chi connectivity index (χ4v) is 4.14. The number of esters is 2. The maximum atomic E-state index is 11.8. The van der Waals surface area contributed by atoms with E-state index >= 15 is 0 Å². The standard InChI is InChI=1S/2C22H20O4/c1-2-3-4-5-6-7-22(25)26-21-12-10-17(11-13-21)8-9-18-14-19(23)16-20(24)15-18;1-2-3-4-5-6-7-22(25)26-21-15-18(14-20(24)16-21)9-8-17-10-12-19(23)13-11-17/h2*2-16,23-24H,1H3/b2*3-2+,5-4+,7-6+,9-8+. The first kappa shape index (κ1) is 39.4. The molecule has 0 fully saturated rings. The molecule has 8 heteroatoms. The Balaban J connectivity index is 0.000000280. The van der Waals surface area contributed by atoms with Crippen LogP contribution in [0.15, 0.2) is 158 Å². The van der Waals surface area contributed by atoms with Gasteiger partial charge in [-0.05, 0) is 84.6 Å². The Bertz CT molecular complexity index is 1990. The highest BCUT2D eigenvalue weighted by Gasteiger charge is 2.04. The van der Waals surface area contributed by atoms with Crippen LogP contribution in [0.2, 0.25) is 0 Å². The molecule has 0 aliphatic rings. The molecule has 4 aromatic carbocycles.